The second-order valence-electron chi connectivity index (χ2n) is 5.89. The second-order valence-corrected chi connectivity index (χ2v) is 7.80. The van der Waals surface area contributed by atoms with E-state index in [-0.39, 0.29) is 24.6 Å². The quantitative estimate of drug-likeness (QED) is 0.822. The van der Waals surface area contributed by atoms with Crippen molar-refractivity contribution in [2.24, 2.45) is 0 Å². The van der Waals surface area contributed by atoms with Crippen molar-refractivity contribution in [2.45, 2.75) is 31.2 Å². The van der Waals surface area contributed by atoms with Gasteiger partial charge in [0.25, 0.3) is 5.91 Å². The Morgan fingerprint density at radius 3 is 2.61 bits per heavy atom. The van der Waals surface area contributed by atoms with E-state index in [2.05, 4.69) is 0 Å². The maximum absolute atomic E-state index is 12.8. The number of imide groups is 1. The van der Waals surface area contributed by atoms with E-state index in [0.29, 0.717) is 12.0 Å². The van der Waals surface area contributed by atoms with Crippen LogP contribution in [0.15, 0.2) is 23.1 Å². The minimum Gasteiger partial charge on any atom is -0.439 e. The van der Waals surface area contributed by atoms with Crippen molar-refractivity contribution < 1.29 is 22.7 Å². The largest absolute Gasteiger partial charge is 0.439 e. The first-order valence-corrected chi connectivity index (χ1v) is 8.81. The molecule has 2 saturated heterocycles. The Morgan fingerprint density at radius 2 is 1.96 bits per heavy atom. The minimum atomic E-state index is -3.65. The number of sulfonamides is 1. The molecule has 124 valence electrons. The fourth-order valence-corrected chi connectivity index (χ4v) is 4.78. The van der Waals surface area contributed by atoms with Gasteiger partial charge in [-0.2, -0.15) is 4.31 Å². The fourth-order valence-electron chi connectivity index (χ4n) is 2.98. The number of rotatable bonds is 3. The van der Waals surface area contributed by atoms with Gasteiger partial charge in [0, 0.05) is 13.1 Å². The topological polar surface area (TPSA) is 84.0 Å². The van der Waals surface area contributed by atoms with Gasteiger partial charge in [0.05, 0.1) is 10.9 Å². The third kappa shape index (κ3) is 2.72. The molecular formula is C15H18N2O5S. The van der Waals surface area contributed by atoms with E-state index in [1.165, 1.54) is 4.31 Å². The third-order valence-corrected chi connectivity index (χ3v) is 6.24. The zero-order valence-corrected chi connectivity index (χ0v) is 13.8. The highest BCUT2D eigenvalue weighted by Crippen LogP contribution is 2.27. The molecule has 1 aromatic rings. The smallest absolute Gasteiger partial charge is 0.417 e. The summed E-state index contributed by atoms with van der Waals surface area (Å²) in [5, 5.41) is 0. The van der Waals surface area contributed by atoms with E-state index in [1.54, 1.807) is 19.1 Å². The van der Waals surface area contributed by atoms with Gasteiger partial charge < -0.3 is 4.74 Å². The Balaban J connectivity index is 1.84. The van der Waals surface area contributed by atoms with Crippen LogP contribution in [-0.4, -0.2) is 55.4 Å². The normalized spacial score (nSPS) is 22.7. The van der Waals surface area contributed by atoms with Crippen LogP contribution in [0.2, 0.25) is 0 Å². The molecule has 0 aromatic heterocycles. The fraction of sp³-hybridized carbons (Fsp3) is 0.467. The summed E-state index contributed by atoms with van der Waals surface area (Å²) in [5.74, 6) is -0.411. The second kappa shape index (κ2) is 5.61. The van der Waals surface area contributed by atoms with Crippen LogP contribution in [0.5, 0.6) is 0 Å². The van der Waals surface area contributed by atoms with Crippen molar-refractivity contribution in [3.05, 3.63) is 29.3 Å². The highest BCUT2D eigenvalue weighted by Gasteiger charge is 2.43. The lowest BCUT2D eigenvalue weighted by Gasteiger charge is -2.21. The molecule has 0 spiro atoms. The predicted molar refractivity (Wildman–Crippen MR) is 81.3 cm³/mol. The summed E-state index contributed by atoms with van der Waals surface area (Å²) >= 11 is 0. The number of hydrogen-bond acceptors (Lipinski definition) is 5. The highest BCUT2D eigenvalue weighted by molar-refractivity contribution is 7.89. The summed E-state index contributed by atoms with van der Waals surface area (Å²) in [6, 6.07) is 4.82. The summed E-state index contributed by atoms with van der Waals surface area (Å²) in [5.41, 5.74) is 1.54. The molecule has 1 aromatic carbocycles. The Morgan fingerprint density at radius 1 is 1.22 bits per heavy atom. The van der Waals surface area contributed by atoms with Crippen LogP contribution in [-0.2, 0) is 19.6 Å². The van der Waals surface area contributed by atoms with Crippen molar-refractivity contribution >= 4 is 22.0 Å². The Kier molecular flexibility index (Phi) is 3.89. The van der Waals surface area contributed by atoms with Crippen molar-refractivity contribution in [3.8, 4) is 0 Å². The monoisotopic (exact) mass is 338 g/mol. The molecule has 1 atom stereocenters. The molecule has 2 amide bonds. The van der Waals surface area contributed by atoms with E-state index in [0.717, 1.165) is 10.5 Å². The zero-order chi connectivity index (χ0) is 16.8. The van der Waals surface area contributed by atoms with E-state index >= 15 is 0 Å². The summed E-state index contributed by atoms with van der Waals surface area (Å²) in [7, 11) is -3.65. The van der Waals surface area contributed by atoms with Gasteiger partial charge in [0.1, 0.15) is 0 Å². The summed E-state index contributed by atoms with van der Waals surface area (Å²) in [4.78, 5) is 24.6. The third-order valence-electron chi connectivity index (χ3n) is 4.24. The molecule has 2 fully saturated rings. The van der Waals surface area contributed by atoms with Crippen LogP contribution in [0.1, 0.15) is 17.5 Å². The number of carbonyl (C=O) groups is 2. The van der Waals surface area contributed by atoms with E-state index in [9.17, 15) is 18.0 Å². The minimum absolute atomic E-state index is 0.108. The van der Waals surface area contributed by atoms with Crippen molar-refractivity contribution in [1.29, 1.82) is 0 Å². The lowest BCUT2D eigenvalue weighted by atomic mass is 10.2. The van der Waals surface area contributed by atoms with Crippen molar-refractivity contribution in [1.82, 2.24) is 9.21 Å². The molecule has 0 N–H and O–H groups in total. The van der Waals surface area contributed by atoms with Gasteiger partial charge in [-0.15, -0.1) is 0 Å². The lowest BCUT2D eigenvalue weighted by molar-refractivity contribution is -0.127. The molecule has 2 aliphatic heterocycles. The SMILES string of the molecule is Cc1ccc(C)c(S(=O)(=O)N2CC[C@@H](N3C(=O)COC3=O)C2)c1. The number of ether oxygens (including phenoxy) is 1. The number of amides is 2. The van der Waals surface area contributed by atoms with Gasteiger partial charge in [-0.3, -0.25) is 4.79 Å². The van der Waals surface area contributed by atoms with E-state index in [4.69, 9.17) is 4.74 Å². The average molecular weight is 338 g/mol. The molecule has 7 nitrogen and oxygen atoms in total. The standard InChI is InChI=1S/C15H18N2O5S/c1-10-3-4-11(2)13(7-10)23(20,21)16-6-5-12(8-16)17-14(18)9-22-15(17)19/h3-4,7,12H,5-6,8-9H2,1-2H3/t12-/m1/s1. The molecule has 2 heterocycles. The number of cyclic esters (lactones) is 1. The Hall–Kier alpha value is -1.93. The number of nitrogens with zero attached hydrogens (tertiary/aromatic N) is 2. The van der Waals surface area contributed by atoms with Gasteiger partial charge in [0.15, 0.2) is 6.61 Å². The first-order valence-electron chi connectivity index (χ1n) is 7.37. The van der Waals surface area contributed by atoms with Crippen LogP contribution in [0.3, 0.4) is 0 Å². The van der Waals surface area contributed by atoms with Gasteiger partial charge in [0.2, 0.25) is 10.0 Å². The van der Waals surface area contributed by atoms with Gasteiger partial charge >= 0.3 is 6.09 Å². The van der Waals surface area contributed by atoms with E-state index in [1.807, 2.05) is 13.0 Å². The summed E-state index contributed by atoms with van der Waals surface area (Å²) < 4.78 is 31.7. The average Bonchev–Trinajstić information content (AvgIpc) is 3.09. The first kappa shape index (κ1) is 15.9. The highest BCUT2D eigenvalue weighted by atomic mass is 32.2. The van der Waals surface area contributed by atoms with E-state index < -0.39 is 28.1 Å². The molecule has 0 unspecified atom stereocenters. The molecular weight excluding hydrogens is 320 g/mol. The van der Waals surface area contributed by atoms with Crippen LogP contribution in [0.4, 0.5) is 4.79 Å². The molecule has 2 aliphatic rings. The number of hydrogen-bond donors (Lipinski definition) is 0. The molecule has 0 saturated carbocycles. The number of benzene rings is 1. The maximum atomic E-state index is 12.8. The molecule has 23 heavy (non-hydrogen) atoms. The Bertz CT molecular complexity index is 758. The van der Waals surface area contributed by atoms with Crippen LogP contribution in [0.25, 0.3) is 0 Å². The van der Waals surface area contributed by atoms with Crippen LogP contribution in [0, 0.1) is 13.8 Å². The molecule has 8 heteroatoms. The van der Waals surface area contributed by atoms with Crippen molar-refractivity contribution in [3.63, 3.8) is 0 Å². The maximum Gasteiger partial charge on any atom is 0.417 e. The predicted octanol–water partition coefficient (Wildman–Crippen LogP) is 1.05. The summed E-state index contributed by atoms with van der Waals surface area (Å²) in [6.07, 6.45) is -0.267. The van der Waals surface area contributed by atoms with Gasteiger partial charge in [-0.1, -0.05) is 12.1 Å². The van der Waals surface area contributed by atoms with Crippen LogP contribution >= 0.6 is 0 Å². The Labute approximate surface area is 134 Å². The van der Waals surface area contributed by atoms with Crippen molar-refractivity contribution in [2.75, 3.05) is 19.7 Å². The first-order chi connectivity index (χ1) is 10.8. The number of aryl methyl sites for hydroxylation is 2. The van der Waals surface area contributed by atoms with Gasteiger partial charge in [-0.05, 0) is 37.5 Å². The molecule has 0 radical (unpaired) electrons. The van der Waals surface area contributed by atoms with Crippen LogP contribution < -0.4 is 0 Å². The lowest BCUT2D eigenvalue weighted by Crippen LogP contribution is -2.42. The summed E-state index contributed by atoms with van der Waals surface area (Å²) in [6.45, 7) is 3.71. The van der Waals surface area contributed by atoms with Gasteiger partial charge in [-0.25, -0.2) is 18.1 Å². The number of carbonyl (C=O) groups excluding carboxylic acids is 2. The molecule has 0 aliphatic carbocycles. The molecule has 0 bridgehead atoms. The molecule has 3 rings (SSSR count). The zero-order valence-electron chi connectivity index (χ0n) is 13.0.